The van der Waals surface area contributed by atoms with Gasteiger partial charge in [0.05, 0.1) is 21.4 Å². The second-order valence-corrected chi connectivity index (χ2v) is 6.79. The van der Waals surface area contributed by atoms with Crippen LogP contribution >= 0.6 is 34.8 Å². The molecule has 2 amide bonds. The minimum atomic E-state index is -0.654. The Kier molecular flexibility index (Phi) is 7.33. The topological polar surface area (TPSA) is 114 Å². The maximum Gasteiger partial charge on any atom is 0.287 e. The Bertz CT molecular complexity index is 979. The van der Waals surface area contributed by atoms with Crippen molar-refractivity contribution in [1.29, 1.82) is 0 Å². The van der Waals surface area contributed by atoms with Gasteiger partial charge in [-0.1, -0.05) is 34.8 Å². The maximum absolute atomic E-state index is 12.1. The van der Waals surface area contributed by atoms with Crippen molar-refractivity contribution < 1.29 is 14.5 Å². The number of nitrogens with one attached hydrogen (secondary N) is 2. The van der Waals surface area contributed by atoms with Gasteiger partial charge in [0.25, 0.3) is 11.6 Å². The average molecular weight is 444 g/mol. The number of amides is 2. The van der Waals surface area contributed by atoms with Crippen molar-refractivity contribution in [2.45, 2.75) is 13.3 Å². The number of nitro groups is 1. The van der Waals surface area contributed by atoms with E-state index in [4.69, 9.17) is 34.8 Å². The minimum absolute atomic E-state index is 0.0818. The van der Waals surface area contributed by atoms with Crippen LogP contribution in [-0.2, 0) is 4.79 Å². The molecule has 0 aliphatic rings. The van der Waals surface area contributed by atoms with Gasteiger partial charge in [-0.15, -0.1) is 0 Å². The molecule has 0 unspecified atom stereocenters. The Morgan fingerprint density at radius 3 is 2.39 bits per heavy atom. The Morgan fingerprint density at radius 1 is 1.07 bits per heavy atom. The zero-order valence-electron chi connectivity index (χ0n) is 14.3. The van der Waals surface area contributed by atoms with Crippen molar-refractivity contribution >= 4 is 63.7 Å². The molecule has 0 radical (unpaired) electrons. The highest BCUT2D eigenvalue weighted by Gasteiger charge is 2.15. The number of anilines is 1. The molecule has 2 N–H and O–H groups in total. The zero-order chi connectivity index (χ0) is 20.8. The quantitative estimate of drug-likeness (QED) is 0.383. The average Bonchev–Trinajstić information content (AvgIpc) is 2.62. The van der Waals surface area contributed by atoms with Gasteiger partial charge in [0.2, 0.25) is 5.91 Å². The number of halogens is 3. The van der Waals surface area contributed by atoms with Crippen LogP contribution in [0.2, 0.25) is 15.1 Å². The maximum atomic E-state index is 12.1. The van der Waals surface area contributed by atoms with Gasteiger partial charge in [-0.05, 0) is 37.3 Å². The predicted molar refractivity (Wildman–Crippen MR) is 108 cm³/mol. The third kappa shape index (κ3) is 5.91. The summed E-state index contributed by atoms with van der Waals surface area (Å²) in [7, 11) is 0. The highest BCUT2D eigenvalue weighted by molar-refractivity contribution is 6.42. The van der Waals surface area contributed by atoms with E-state index >= 15 is 0 Å². The molecule has 0 heterocycles. The van der Waals surface area contributed by atoms with E-state index in [1.807, 2.05) is 0 Å². The molecule has 8 nitrogen and oxygen atoms in total. The van der Waals surface area contributed by atoms with Gasteiger partial charge >= 0.3 is 0 Å². The van der Waals surface area contributed by atoms with E-state index in [9.17, 15) is 19.7 Å². The third-order valence-corrected chi connectivity index (χ3v) is 4.42. The first-order chi connectivity index (χ1) is 13.2. The third-order valence-electron chi connectivity index (χ3n) is 3.37. The summed E-state index contributed by atoms with van der Waals surface area (Å²) in [5.41, 5.74) is 2.85. The molecule has 0 fully saturated rings. The number of nitro benzene ring substituents is 1. The number of hydrazone groups is 1. The molecular weight excluding hydrogens is 431 g/mol. The molecule has 0 bridgehead atoms. The van der Waals surface area contributed by atoms with Crippen molar-refractivity contribution in [1.82, 2.24) is 5.43 Å². The number of benzene rings is 2. The van der Waals surface area contributed by atoms with E-state index in [0.717, 1.165) is 12.1 Å². The number of hydrogen-bond acceptors (Lipinski definition) is 5. The highest BCUT2D eigenvalue weighted by Crippen LogP contribution is 2.25. The van der Waals surface area contributed by atoms with Crippen LogP contribution in [0.5, 0.6) is 0 Å². The van der Waals surface area contributed by atoms with E-state index in [1.165, 1.54) is 12.1 Å². The fraction of sp³-hybridized carbons (Fsp3) is 0.118. The molecular formula is C17H13Cl3N4O4. The Morgan fingerprint density at radius 2 is 1.79 bits per heavy atom. The van der Waals surface area contributed by atoms with Crippen LogP contribution in [0.1, 0.15) is 23.7 Å². The molecule has 2 aromatic rings. The highest BCUT2D eigenvalue weighted by atomic mass is 35.5. The summed E-state index contributed by atoms with van der Waals surface area (Å²) >= 11 is 17.5. The molecule has 0 aliphatic carbocycles. The van der Waals surface area contributed by atoms with E-state index in [-0.39, 0.29) is 28.6 Å². The van der Waals surface area contributed by atoms with Crippen LogP contribution in [0.15, 0.2) is 41.5 Å². The van der Waals surface area contributed by atoms with Crippen molar-refractivity contribution in [3.05, 3.63) is 67.1 Å². The fourth-order valence-electron chi connectivity index (χ4n) is 2.06. The van der Waals surface area contributed by atoms with Gasteiger partial charge in [-0.25, -0.2) is 5.43 Å². The van der Waals surface area contributed by atoms with Crippen LogP contribution in [0.25, 0.3) is 0 Å². The van der Waals surface area contributed by atoms with Gasteiger partial charge in [0, 0.05) is 23.0 Å². The number of rotatable bonds is 6. The summed E-state index contributed by atoms with van der Waals surface area (Å²) in [6, 6.07) is 8.19. The van der Waals surface area contributed by atoms with Gasteiger partial charge in [-0.3, -0.25) is 19.7 Å². The van der Waals surface area contributed by atoms with Crippen LogP contribution < -0.4 is 10.7 Å². The van der Waals surface area contributed by atoms with Crippen molar-refractivity contribution in [2.24, 2.45) is 5.10 Å². The summed E-state index contributed by atoms with van der Waals surface area (Å²) in [5.74, 6) is -0.992. The summed E-state index contributed by atoms with van der Waals surface area (Å²) < 4.78 is 0. The monoisotopic (exact) mass is 442 g/mol. The van der Waals surface area contributed by atoms with E-state index in [0.29, 0.717) is 21.4 Å². The second kappa shape index (κ2) is 9.50. The lowest BCUT2D eigenvalue weighted by Crippen LogP contribution is -2.21. The smallest absolute Gasteiger partial charge is 0.287 e. The Hall–Kier alpha value is -2.68. The Balaban J connectivity index is 1.95. The van der Waals surface area contributed by atoms with E-state index in [1.54, 1.807) is 19.1 Å². The lowest BCUT2D eigenvalue weighted by molar-refractivity contribution is -0.384. The van der Waals surface area contributed by atoms with Crippen molar-refractivity contribution in [2.75, 3.05) is 5.32 Å². The summed E-state index contributed by atoms with van der Waals surface area (Å²) in [5, 5.41) is 17.7. The van der Waals surface area contributed by atoms with Gasteiger partial charge in [-0.2, -0.15) is 5.10 Å². The van der Waals surface area contributed by atoms with Crippen LogP contribution in [0.3, 0.4) is 0 Å². The summed E-state index contributed by atoms with van der Waals surface area (Å²) in [6.07, 6.45) is -0.0818. The fourth-order valence-corrected chi connectivity index (χ4v) is 2.61. The summed E-state index contributed by atoms with van der Waals surface area (Å²) in [6.45, 7) is 1.55. The number of carbonyl (C=O) groups is 2. The van der Waals surface area contributed by atoms with Gasteiger partial charge in [0.1, 0.15) is 5.02 Å². The summed E-state index contributed by atoms with van der Waals surface area (Å²) in [4.78, 5) is 34.2. The first-order valence-electron chi connectivity index (χ1n) is 7.69. The standard InChI is InChI=1S/C17H13Cl3N4O4/c1-9(6-16(25)21-11-3-4-12(18)13(19)8-11)22-23-17(26)10-2-5-15(24(27)28)14(20)7-10/h2-5,7-8H,6H2,1H3,(H,21,25)(H,23,26)/b22-9+. The predicted octanol–water partition coefficient (Wildman–Crippen LogP) is 4.69. The van der Waals surface area contributed by atoms with Gasteiger partial charge < -0.3 is 5.32 Å². The normalized spacial score (nSPS) is 11.1. The molecule has 0 saturated heterocycles. The molecule has 11 heteroatoms. The number of nitrogens with zero attached hydrogens (tertiary/aromatic N) is 2. The van der Waals surface area contributed by atoms with Crippen LogP contribution in [0.4, 0.5) is 11.4 Å². The van der Waals surface area contributed by atoms with Crippen molar-refractivity contribution in [3.63, 3.8) is 0 Å². The molecule has 0 atom stereocenters. The minimum Gasteiger partial charge on any atom is -0.326 e. The molecule has 2 rings (SSSR count). The number of carbonyl (C=O) groups excluding carboxylic acids is 2. The molecule has 0 spiro atoms. The first kappa shape index (κ1) is 21.6. The molecule has 146 valence electrons. The molecule has 0 aliphatic heterocycles. The SMILES string of the molecule is C/C(CC(=O)Nc1ccc(Cl)c(Cl)c1)=N\NC(=O)c1ccc([N+](=O)[O-])c(Cl)c1. The number of hydrogen-bond donors (Lipinski definition) is 2. The lowest BCUT2D eigenvalue weighted by Gasteiger charge is -2.07. The van der Waals surface area contributed by atoms with E-state index < -0.39 is 10.8 Å². The second-order valence-electron chi connectivity index (χ2n) is 5.57. The molecule has 0 aromatic heterocycles. The van der Waals surface area contributed by atoms with Gasteiger partial charge in [0.15, 0.2) is 0 Å². The van der Waals surface area contributed by atoms with Crippen LogP contribution in [-0.4, -0.2) is 22.4 Å². The van der Waals surface area contributed by atoms with E-state index in [2.05, 4.69) is 15.8 Å². The molecule has 2 aromatic carbocycles. The zero-order valence-corrected chi connectivity index (χ0v) is 16.6. The molecule has 28 heavy (non-hydrogen) atoms. The lowest BCUT2D eigenvalue weighted by atomic mass is 10.2. The largest absolute Gasteiger partial charge is 0.326 e. The van der Waals surface area contributed by atoms with Crippen LogP contribution in [0, 0.1) is 10.1 Å². The first-order valence-corrected chi connectivity index (χ1v) is 8.83. The van der Waals surface area contributed by atoms with Crippen molar-refractivity contribution in [3.8, 4) is 0 Å². The Labute approximate surface area is 174 Å². The molecule has 0 saturated carbocycles.